The second kappa shape index (κ2) is 12.2. The van der Waals surface area contributed by atoms with Crippen molar-refractivity contribution < 1.29 is 49.8 Å². The minimum atomic E-state index is -1.79. The molecule has 0 radical (unpaired) electrons. The number of carbonyl (C=O) groups is 3. The van der Waals surface area contributed by atoms with Gasteiger partial charge in [0.15, 0.2) is 6.29 Å². The first-order valence-electron chi connectivity index (χ1n) is 5.78. The van der Waals surface area contributed by atoms with Crippen molar-refractivity contribution in [1.82, 2.24) is 0 Å². The highest BCUT2D eigenvalue weighted by molar-refractivity contribution is 5.76. The van der Waals surface area contributed by atoms with E-state index in [4.69, 9.17) is 30.6 Å². The number of rotatable bonds is 8. The minimum absolute atomic E-state index is 0.0258. The Morgan fingerprint density at radius 2 is 1.62 bits per heavy atom. The first kappa shape index (κ1) is 21.7. The smallest absolute Gasteiger partial charge is 0.306 e. The highest BCUT2D eigenvalue weighted by atomic mass is 16.5. The minimum Gasteiger partial charge on any atom is -0.481 e. The number of carboxylic acid groups (broad SMARTS) is 1. The van der Waals surface area contributed by atoms with E-state index in [0.717, 1.165) is 0 Å². The lowest BCUT2D eigenvalue weighted by Crippen LogP contribution is -2.46. The molecule has 21 heavy (non-hydrogen) atoms. The van der Waals surface area contributed by atoms with Gasteiger partial charge in [0, 0.05) is 0 Å². The summed E-state index contributed by atoms with van der Waals surface area (Å²) >= 11 is 0. The summed E-state index contributed by atoms with van der Waals surface area (Å²) in [7, 11) is 1.23. The van der Waals surface area contributed by atoms with Crippen molar-refractivity contribution in [3.05, 3.63) is 0 Å². The molecule has 0 unspecified atom stereocenters. The average molecular weight is 312 g/mol. The van der Waals surface area contributed by atoms with E-state index in [0.29, 0.717) is 0 Å². The fourth-order valence-corrected chi connectivity index (χ4v) is 0.929. The van der Waals surface area contributed by atoms with Crippen LogP contribution in [0.1, 0.15) is 12.8 Å². The van der Waals surface area contributed by atoms with Crippen molar-refractivity contribution in [2.75, 3.05) is 13.7 Å². The fraction of sp³-hybridized carbons (Fsp3) is 0.727. The number of aliphatic hydroxyl groups is 5. The molecule has 0 bridgehead atoms. The van der Waals surface area contributed by atoms with Crippen LogP contribution >= 0.6 is 0 Å². The second-order valence-electron chi connectivity index (χ2n) is 3.83. The first-order chi connectivity index (χ1) is 9.70. The van der Waals surface area contributed by atoms with Gasteiger partial charge in [-0.05, 0) is 0 Å². The summed E-state index contributed by atoms with van der Waals surface area (Å²) in [4.78, 5) is 29.9. The molecule has 0 aromatic heterocycles. The van der Waals surface area contributed by atoms with Crippen LogP contribution in [0.25, 0.3) is 0 Å². The Balaban J connectivity index is 0. The van der Waals surface area contributed by atoms with Gasteiger partial charge >= 0.3 is 11.9 Å². The summed E-state index contributed by atoms with van der Waals surface area (Å²) < 4.78 is 4.20. The van der Waals surface area contributed by atoms with Gasteiger partial charge < -0.3 is 40.2 Å². The van der Waals surface area contributed by atoms with E-state index < -0.39 is 43.0 Å². The maximum atomic E-state index is 10.2. The van der Waals surface area contributed by atoms with Crippen LogP contribution in [-0.4, -0.2) is 87.0 Å². The molecule has 0 saturated carbocycles. The summed E-state index contributed by atoms with van der Waals surface area (Å²) in [6, 6.07) is 0. The lowest BCUT2D eigenvalue weighted by molar-refractivity contribution is -0.145. The average Bonchev–Trinajstić information content (AvgIpc) is 2.49. The molecule has 0 aliphatic rings. The summed E-state index contributed by atoms with van der Waals surface area (Å²) in [5, 5.41) is 51.6. The molecule has 124 valence electrons. The number of hydrogen-bond acceptors (Lipinski definition) is 9. The van der Waals surface area contributed by atoms with Gasteiger partial charge in [-0.2, -0.15) is 0 Å². The molecular formula is C11H20O10. The Morgan fingerprint density at radius 1 is 1.10 bits per heavy atom. The van der Waals surface area contributed by atoms with Crippen LogP contribution in [0.15, 0.2) is 0 Å². The number of methoxy groups -OCH3 is 1. The third-order valence-corrected chi connectivity index (χ3v) is 2.19. The van der Waals surface area contributed by atoms with Gasteiger partial charge in [0.25, 0.3) is 0 Å². The Bertz CT molecular complexity index is 318. The van der Waals surface area contributed by atoms with E-state index in [9.17, 15) is 14.4 Å². The zero-order chi connectivity index (χ0) is 17.0. The van der Waals surface area contributed by atoms with E-state index in [-0.39, 0.29) is 19.1 Å². The number of carbonyl (C=O) groups excluding carboxylic acids is 2. The molecule has 0 aromatic carbocycles. The Hall–Kier alpha value is -1.59. The van der Waals surface area contributed by atoms with E-state index in [1.54, 1.807) is 0 Å². The van der Waals surface area contributed by atoms with E-state index in [1.165, 1.54) is 7.11 Å². The third kappa shape index (κ3) is 10.8. The zero-order valence-corrected chi connectivity index (χ0v) is 11.3. The molecule has 0 aromatic rings. The van der Waals surface area contributed by atoms with Crippen LogP contribution in [0, 0.1) is 0 Å². The molecule has 0 heterocycles. The topological polar surface area (TPSA) is 182 Å². The van der Waals surface area contributed by atoms with E-state index in [2.05, 4.69) is 4.74 Å². The molecule has 0 amide bonds. The van der Waals surface area contributed by atoms with Crippen molar-refractivity contribution in [1.29, 1.82) is 0 Å². The quantitative estimate of drug-likeness (QED) is 0.195. The molecule has 10 heteroatoms. The number of ether oxygens (including phenoxy) is 1. The van der Waals surface area contributed by atoms with Gasteiger partial charge in [0.2, 0.25) is 0 Å². The maximum Gasteiger partial charge on any atom is 0.306 e. The Morgan fingerprint density at radius 3 is 1.95 bits per heavy atom. The van der Waals surface area contributed by atoms with E-state index >= 15 is 0 Å². The number of esters is 1. The Kier molecular flexibility index (Phi) is 12.6. The summed E-state index contributed by atoms with van der Waals surface area (Å²) in [5.41, 5.74) is 0. The van der Waals surface area contributed by atoms with Crippen LogP contribution in [-0.2, 0) is 19.1 Å². The highest BCUT2D eigenvalue weighted by Crippen LogP contribution is 2.02. The molecule has 0 aliphatic heterocycles. The van der Waals surface area contributed by atoms with Gasteiger partial charge in [-0.25, -0.2) is 0 Å². The molecule has 10 nitrogen and oxygen atoms in total. The van der Waals surface area contributed by atoms with E-state index in [1.807, 2.05) is 0 Å². The molecule has 0 spiro atoms. The number of carboxylic acids is 1. The first-order valence-corrected chi connectivity index (χ1v) is 5.78. The fourth-order valence-electron chi connectivity index (χ4n) is 0.929. The normalized spacial score (nSPS) is 15.7. The predicted molar refractivity (Wildman–Crippen MR) is 66.1 cm³/mol. The SMILES string of the molecule is COC(=O)CCC(=O)O.O=C[C@H](O)[C@@H](O)[C@H](O)[C@H](O)CO. The number of aldehydes is 1. The Labute approximate surface area is 120 Å². The molecule has 0 rings (SSSR count). The van der Waals surface area contributed by atoms with Crippen LogP contribution < -0.4 is 0 Å². The van der Waals surface area contributed by atoms with Crippen LogP contribution in [0.5, 0.6) is 0 Å². The third-order valence-electron chi connectivity index (χ3n) is 2.19. The van der Waals surface area contributed by atoms with Crippen molar-refractivity contribution in [3.8, 4) is 0 Å². The van der Waals surface area contributed by atoms with Crippen LogP contribution in [0.4, 0.5) is 0 Å². The number of hydrogen-bond donors (Lipinski definition) is 6. The van der Waals surface area contributed by atoms with Crippen molar-refractivity contribution in [2.24, 2.45) is 0 Å². The monoisotopic (exact) mass is 312 g/mol. The lowest BCUT2D eigenvalue weighted by Gasteiger charge is -2.22. The van der Waals surface area contributed by atoms with Crippen molar-refractivity contribution >= 4 is 18.2 Å². The lowest BCUT2D eigenvalue weighted by atomic mass is 10.0. The molecular weight excluding hydrogens is 292 g/mol. The largest absolute Gasteiger partial charge is 0.481 e. The summed E-state index contributed by atoms with van der Waals surface area (Å²) in [6.07, 6.45) is -7.05. The van der Waals surface area contributed by atoms with Gasteiger partial charge in [-0.3, -0.25) is 9.59 Å². The zero-order valence-electron chi connectivity index (χ0n) is 11.3. The molecule has 0 saturated heterocycles. The molecule has 0 aliphatic carbocycles. The van der Waals surface area contributed by atoms with Crippen molar-refractivity contribution in [3.63, 3.8) is 0 Å². The molecule has 6 N–H and O–H groups in total. The van der Waals surface area contributed by atoms with Crippen LogP contribution in [0.2, 0.25) is 0 Å². The van der Waals surface area contributed by atoms with Crippen LogP contribution in [0.3, 0.4) is 0 Å². The standard InChI is InChI=1S/C6H12O6.C5H8O4/c7-1-3(9)5(11)6(12)4(10)2-8;1-9-5(8)3-2-4(6)7/h1,3-6,8-12H,2H2;2-3H2,1H3,(H,6,7)/t3-,4+,5+,6+;/m0./s1. The van der Waals surface area contributed by atoms with Gasteiger partial charge in [0.05, 0.1) is 26.6 Å². The molecule has 4 atom stereocenters. The number of aliphatic carboxylic acids is 1. The number of aliphatic hydroxyl groups excluding tert-OH is 5. The second-order valence-corrected chi connectivity index (χ2v) is 3.83. The maximum absolute atomic E-state index is 10.2. The summed E-state index contributed by atoms with van der Waals surface area (Å²) in [6.45, 7) is -0.760. The highest BCUT2D eigenvalue weighted by Gasteiger charge is 2.29. The van der Waals surface area contributed by atoms with Gasteiger partial charge in [-0.1, -0.05) is 0 Å². The predicted octanol–water partition coefficient (Wildman–Crippen LogP) is -3.35. The van der Waals surface area contributed by atoms with Gasteiger partial charge in [0.1, 0.15) is 24.4 Å². The van der Waals surface area contributed by atoms with Gasteiger partial charge in [-0.15, -0.1) is 0 Å². The van der Waals surface area contributed by atoms with Crippen molar-refractivity contribution in [2.45, 2.75) is 37.3 Å². The molecule has 0 fully saturated rings. The summed E-state index contributed by atoms with van der Waals surface area (Å²) in [5.74, 6) is -1.47.